The number of likely N-dealkylation sites (N-methyl/N-ethyl adjacent to an activating group) is 1. The SMILES string of the molecule is CC(C)[C@@H]1C(=O)N[C@@H](CCCN=C(N)N)C(=O)NCC(=O)NN(CC(=O)O)C(=O)N[C@H](Cc2ccccc2)C(=O)N1C. The molecule has 1 heterocycles. The molecular weight excluding hydrogens is 550 g/mol. The van der Waals surface area contributed by atoms with Crippen molar-refractivity contribution in [2.24, 2.45) is 22.4 Å². The maximum atomic E-state index is 13.8. The number of carbonyl (C=O) groups excluding carboxylic acids is 5. The quantitative estimate of drug-likeness (QED) is 0.0944. The summed E-state index contributed by atoms with van der Waals surface area (Å²) in [6.07, 6.45) is 0.401. The van der Waals surface area contributed by atoms with Crippen molar-refractivity contribution >= 4 is 41.6 Å². The van der Waals surface area contributed by atoms with Crippen LogP contribution < -0.4 is 32.8 Å². The molecule has 0 unspecified atom stereocenters. The summed E-state index contributed by atoms with van der Waals surface area (Å²) in [5.41, 5.74) is 13.5. The van der Waals surface area contributed by atoms with E-state index in [9.17, 15) is 33.9 Å². The number of nitrogens with one attached hydrogen (secondary N) is 4. The minimum Gasteiger partial charge on any atom is -0.480 e. The van der Waals surface area contributed by atoms with Crippen molar-refractivity contribution in [3.63, 3.8) is 0 Å². The number of hydrogen-bond donors (Lipinski definition) is 7. The molecule has 1 fully saturated rings. The van der Waals surface area contributed by atoms with Gasteiger partial charge in [0.15, 0.2) is 5.96 Å². The maximum Gasteiger partial charge on any atom is 0.337 e. The third kappa shape index (κ3) is 10.3. The maximum absolute atomic E-state index is 13.8. The standard InChI is InChI=1S/C26H39N9O7/c1-15(2)21-23(40)31-17(10-7-11-29-25(27)28)22(39)30-13-19(36)33-35(14-20(37)38)26(42)32-18(24(41)34(21)3)12-16-8-5-4-6-9-16/h4-6,8-9,15,17-18,21H,7,10-14H2,1-3H3,(H,30,39)(H,31,40)(H,32,42)(H,33,36)(H,37,38)(H4,27,28,29)/t17-,18+,21+/m0/s1. The van der Waals surface area contributed by atoms with E-state index < -0.39 is 72.8 Å². The van der Waals surface area contributed by atoms with Crippen LogP contribution in [0.5, 0.6) is 0 Å². The fourth-order valence-electron chi connectivity index (χ4n) is 4.39. The van der Waals surface area contributed by atoms with Crippen LogP contribution in [-0.2, 0) is 30.4 Å². The van der Waals surface area contributed by atoms with Gasteiger partial charge in [0.05, 0.1) is 6.54 Å². The molecule has 0 saturated carbocycles. The number of aliphatic carboxylic acids is 1. The molecule has 42 heavy (non-hydrogen) atoms. The van der Waals surface area contributed by atoms with E-state index in [2.05, 4.69) is 26.4 Å². The van der Waals surface area contributed by atoms with E-state index in [1.807, 2.05) is 0 Å². The lowest BCUT2D eigenvalue weighted by Crippen LogP contribution is -2.60. The number of urea groups is 1. The number of nitrogens with two attached hydrogens (primary N) is 2. The van der Waals surface area contributed by atoms with Crippen molar-refractivity contribution in [2.45, 2.75) is 51.2 Å². The molecular formula is C26H39N9O7. The number of rotatable bonds is 9. The predicted molar refractivity (Wildman–Crippen MR) is 151 cm³/mol. The first kappa shape index (κ1) is 33.3. The zero-order valence-electron chi connectivity index (χ0n) is 23.8. The molecule has 1 saturated heterocycles. The van der Waals surface area contributed by atoms with E-state index in [-0.39, 0.29) is 25.3 Å². The molecule has 1 aliphatic heterocycles. The summed E-state index contributed by atoms with van der Waals surface area (Å²) in [5.74, 6) is -4.90. The summed E-state index contributed by atoms with van der Waals surface area (Å²) in [5, 5.41) is 17.4. The predicted octanol–water partition coefficient (Wildman–Crippen LogP) is -2.12. The number of hydrazine groups is 1. The molecule has 0 aromatic heterocycles. The Morgan fingerprint density at radius 3 is 2.31 bits per heavy atom. The minimum atomic E-state index is -1.44. The van der Waals surface area contributed by atoms with Gasteiger partial charge in [-0.25, -0.2) is 9.80 Å². The van der Waals surface area contributed by atoms with Crippen LogP contribution in [0.3, 0.4) is 0 Å². The van der Waals surface area contributed by atoms with Gasteiger partial charge in [-0.1, -0.05) is 44.2 Å². The lowest BCUT2D eigenvalue weighted by atomic mass is 9.98. The van der Waals surface area contributed by atoms with E-state index in [1.165, 1.54) is 11.9 Å². The lowest BCUT2D eigenvalue weighted by Gasteiger charge is -2.34. The van der Waals surface area contributed by atoms with Crippen LogP contribution >= 0.6 is 0 Å². The highest BCUT2D eigenvalue weighted by atomic mass is 16.4. The van der Waals surface area contributed by atoms with Gasteiger partial charge in [-0.3, -0.25) is 34.4 Å². The van der Waals surface area contributed by atoms with Crippen molar-refractivity contribution in [3.8, 4) is 0 Å². The summed E-state index contributed by atoms with van der Waals surface area (Å²) in [6, 6.07) is 4.26. The van der Waals surface area contributed by atoms with E-state index >= 15 is 0 Å². The topological polar surface area (TPSA) is 242 Å². The monoisotopic (exact) mass is 589 g/mol. The van der Waals surface area contributed by atoms with Gasteiger partial charge in [0.2, 0.25) is 17.7 Å². The van der Waals surface area contributed by atoms with Gasteiger partial charge in [-0.15, -0.1) is 0 Å². The smallest absolute Gasteiger partial charge is 0.337 e. The second kappa shape index (κ2) is 15.8. The first-order chi connectivity index (χ1) is 19.8. The molecule has 1 aliphatic rings. The molecule has 1 aromatic rings. The van der Waals surface area contributed by atoms with Crippen molar-refractivity contribution in [1.29, 1.82) is 0 Å². The normalized spacial score (nSPS) is 21.0. The highest BCUT2D eigenvalue weighted by Crippen LogP contribution is 2.15. The van der Waals surface area contributed by atoms with Crippen LogP contribution in [0.2, 0.25) is 0 Å². The Labute approximate surface area is 243 Å². The summed E-state index contributed by atoms with van der Waals surface area (Å²) in [6.45, 7) is 2.04. The van der Waals surface area contributed by atoms with Gasteiger partial charge in [-0.2, -0.15) is 0 Å². The molecule has 0 radical (unpaired) electrons. The number of hydrogen-bond acceptors (Lipinski definition) is 7. The number of aliphatic imine (C=N–C) groups is 1. The number of benzene rings is 1. The highest BCUT2D eigenvalue weighted by molar-refractivity contribution is 5.96. The van der Waals surface area contributed by atoms with Gasteiger partial charge in [0.25, 0.3) is 5.91 Å². The Morgan fingerprint density at radius 2 is 1.71 bits per heavy atom. The molecule has 16 heteroatoms. The second-order valence-electron chi connectivity index (χ2n) is 10.1. The molecule has 3 atom stereocenters. The Kier molecular flexibility index (Phi) is 12.5. The van der Waals surface area contributed by atoms with E-state index in [1.54, 1.807) is 44.2 Å². The Morgan fingerprint density at radius 1 is 1.05 bits per heavy atom. The summed E-state index contributed by atoms with van der Waals surface area (Å²) >= 11 is 0. The molecule has 0 spiro atoms. The molecule has 6 amide bonds. The van der Waals surface area contributed by atoms with Crippen molar-refractivity contribution in [1.82, 2.24) is 31.3 Å². The first-order valence-corrected chi connectivity index (χ1v) is 13.3. The number of carboxylic acids is 1. The third-order valence-electron chi connectivity index (χ3n) is 6.34. The highest BCUT2D eigenvalue weighted by Gasteiger charge is 2.37. The molecule has 2 rings (SSSR count). The number of guanidine groups is 1. The van der Waals surface area contributed by atoms with E-state index in [0.29, 0.717) is 17.0 Å². The van der Waals surface area contributed by atoms with Gasteiger partial charge in [-0.05, 0) is 24.3 Å². The largest absolute Gasteiger partial charge is 0.480 e. The zero-order valence-corrected chi connectivity index (χ0v) is 23.8. The van der Waals surface area contributed by atoms with Crippen LogP contribution in [0.15, 0.2) is 35.3 Å². The molecule has 16 nitrogen and oxygen atoms in total. The number of carboxylic acid groups (broad SMARTS) is 1. The van der Waals surface area contributed by atoms with Crippen molar-refractivity contribution in [2.75, 3.05) is 26.7 Å². The Balaban J connectivity index is 2.50. The van der Waals surface area contributed by atoms with Crippen molar-refractivity contribution < 1.29 is 33.9 Å². The van der Waals surface area contributed by atoms with Crippen LogP contribution in [-0.4, -0.2) is 101 Å². The second-order valence-corrected chi connectivity index (χ2v) is 10.1. The van der Waals surface area contributed by atoms with Gasteiger partial charge < -0.3 is 37.4 Å². The number of nitrogens with zero attached hydrogens (tertiary/aromatic N) is 3. The summed E-state index contributed by atoms with van der Waals surface area (Å²) in [7, 11) is 1.40. The zero-order chi connectivity index (χ0) is 31.4. The summed E-state index contributed by atoms with van der Waals surface area (Å²) in [4.78, 5) is 82.6. The Hall–Kier alpha value is -4.89. The number of amides is 6. The van der Waals surface area contributed by atoms with Crippen LogP contribution in [0, 0.1) is 5.92 Å². The van der Waals surface area contributed by atoms with Crippen LogP contribution in [0.4, 0.5) is 4.79 Å². The molecule has 230 valence electrons. The van der Waals surface area contributed by atoms with Gasteiger partial charge >= 0.3 is 12.0 Å². The molecule has 0 aliphatic carbocycles. The first-order valence-electron chi connectivity index (χ1n) is 13.3. The lowest BCUT2D eigenvalue weighted by molar-refractivity contribution is -0.142. The third-order valence-corrected chi connectivity index (χ3v) is 6.34. The minimum absolute atomic E-state index is 0.00447. The fourth-order valence-corrected chi connectivity index (χ4v) is 4.39. The Bertz CT molecular complexity index is 1170. The van der Waals surface area contributed by atoms with Crippen molar-refractivity contribution in [3.05, 3.63) is 35.9 Å². The average molecular weight is 590 g/mol. The summed E-state index contributed by atoms with van der Waals surface area (Å²) < 4.78 is 0. The van der Waals surface area contributed by atoms with Crippen LogP contribution in [0.25, 0.3) is 0 Å². The fraction of sp³-hybridized carbons (Fsp3) is 0.500. The molecule has 1 aromatic carbocycles. The van der Waals surface area contributed by atoms with Crippen LogP contribution in [0.1, 0.15) is 32.3 Å². The van der Waals surface area contributed by atoms with Gasteiger partial charge in [0.1, 0.15) is 24.7 Å². The van der Waals surface area contributed by atoms with E-state index in [4.69, 9.17) is 11.5 Å². The molecule has 0 bridgehead atoms. The molecule has 9 N–H and O–H groups in total. The number of carbonyl (C=O) groups is 6. The van der Waals surface area contributed by atoms with E-state index in [0.717, 1.165) is 0 Å². The average Bonchev–Trinajstić information content (AvgIpc) is 2.91. The van der Waals surface area contributed by atoms with Gasteiger partial charge in [0, 0.05) is 20.0 Å².